The van der Waals surface area contributed by atoms with Crippen LogP contribution in [-0.4, -0.2) is 29.1 Å². The number of hydrogen-bond donors (Lipinski definition) is 1. The van der Waals surface area contributed by atoms with Crippen molar-refractivity contribution in [2.45, 2.75) is 51.9 Å². The maximum absolute atomic E-state index is 12.1. The SMILES string of the molecule is CC[C@@H](Oc1cccc(C)c1)C(=O)NCCSC(C)(C)C. The minimum atomic E-state index is -0.425. The number of amides is 1. The number of carbonyl (C=O) groups is 1. The molecular weight excluding hydrogens is 282 g/mol. The molecule has 0 saturated carbocycles. The fourth-order valence-corrected chi connectivity index (χ4v) is 2.64. The van der Waals surface area contributed by atoms with Crippen molar-refractivity contribution in [2.24, 2.45) is 0 Å². The second-order valence-corrected chi connectivity index (χ2v) is 8.00. The zero-order chi connectivity index (χ0) is 15.9. The highest BCUT2D eigenvalue weighted by Crippen LogP contribution is 2.22. The average molecular weight is 309 g/mol. The van der Waals surface area contributed by atoms with Crippen molar-refractivity contribution in [2.75, 3.05) is 12.3 Å². The minimum absolute atomic E-state index is 0.0338. The van der Waals surface area contributed by atoms with Crippen molar-refractivity contribution in [1.82, 2.24) is 5.32 Å². The van der Waals surface area contributed by atoms with Crippen molar-refractivity contribution in [3.05, 3.63) is 29.8 Å². The summed E-state index contributed by atoms with van der Waals surface area (Å²) in [4.78, 5) is 12.1. The van der Waals surface area contributed by atoms with Gasteiger partial charge < -0.3 is 10.1 Å². The van der Waals surface area contributed by atoms with Gasteiger partial charge in [-0.1, -0.05) is 39.8 Å². The highest BCUT2D eigenvalue weighted by molar-refractivity contribution is 8.00. The summed E-state index contributed by atoms with van der Waals surface area (Å²) in [6, 6.07) is 7.79. The Hall–Kier alpha value is -1.16. The predicted octanol–water partition coefficient (Wildman–Crippen LogP) is 3.80. The van der Waals surface area contributed by atoms with Gasteiger partial charge in [0.05, 0.1) is 0 Å². The van der Waals surface area contributed by atoms with Crippen LogP contribution >= 0.6 is 11.8 Å². The summed E-state index contributed by atoms with van der Waals surface area (Å²) < 4.78 is 6.01. The summed E-state index contributed by atoms with van der Waals surface area (Å²) in [5.41, 5.74) is 1.13. The Morgan fingerprint density at radius 2 is 2.10 bits per heavy atom. The highest BCUT2D eigenvalue weighted by atomic mass is 32.2. The average Bonchev–Trinajstić information content (AvgIpc) is 2.39. The molecule has 1 aromatic rings. The molecule has 0 bridgehead atoms. The summed E-state index contributed by atoms with van der Waals surface area (Å²) in [6.45, 7) is 11.2. The first kappa shape index (κ1) is 17.9. The van der Waals surface area contributed by atoms with Gasteiger partial charge in [0, 0.05) is 17.0 Å². The Morgan fingerprint density at radius 3 is 2.67 bits per heavy atom. The van der Waals surface area contributed by atoms with Gasteiger partial charge in [0.15, 0.2) is 6.10 Å². The van der Waals surface area contributed by atoms with E-state index in [1.165, 1.54) is 0 Å². The van der Waals surface area contributed by atoms with E-state index in [1.54, 1.807) is 0 Å². The van der Waals surface area contributed by atoms with Crippen molar-refractivity contribution in [1.29, 1.82) is 0 Å². The zero-order valence-corrected chi connectivity index (χ0v) is 14.5. The number of carbonyl (C=O) groups excluding carboxylic acids is 1. The lowest BCUT2D eigenvalue weighted by atomic mass is 10.2. The molecule has 0 saturated heterocycles. The van der Waals surface area contributed by atoms with Crippen LogP contribution in [0.3, 0.4) is 0 Å². The van der Waals surface area contributed by atoms with Crippen LogP contribution in [0.25, 0.3) is 0 Å². The van der Waals surface area contributed by atoms with E-state index >= 15 is 0 Å². The van der Waals surface area contributed by atoms with Gasteiger partial charge >= 0.3 is 0 Å². The monoisotopic (exact) mass is 309 g/mol. The summed E-state index contributed by atoms with van der Waals surface area (Å²) in [6.07, 6.45) is 0.234. The summed E-state index contributed by atoms with van der Waals surface area (Å²) in [7, 11) is 0. The largest absolute Gasteiger partial charge is 0.481 e. The first-order valence-electron chi connectivity index (χ1n) is 7.47. The molecule has 1 rings (SSSR count). The normalized spacial score (nSPS) is 12.8. The van der Waals surface area contributed by atoms with Crippen LogP contribution in [0.2, 0.25) is 0 Å². The topological polar surface area (TPSA) is 38.3 Å². The molecule has 21 heavy (non-hydrogen) atoms. The van der Waals surface area contributed by atoms with Crippen LogP contribution in [0.15, 0.2) is 24.3 Å². The molecule has 1 atom stereocenters. The number of hydrogen-bond acceptors (Lipinski definition) is 3. The first-order chi connectivity index (χ1) is 9.81. The van der Waals surface area contributed by atoms with E-state index in [9.17, 15) is 4.79 Å². The van der Waals surface area contributed by atoms with Crippen LogP contribution in [0, 0.1) is 6.92 Å². The number of rotatable bonds is 7. The molecule has 4 heteroatoms. The number of ether oxygens (including phenoxy) is 1. The molecule has 0 aliphatic rings. The van der Waals surface area contributed by atoms with Gasteiger partial charge in [-0.05, 0) is 31.0 Å². The molecule has 0 heterocycles. The standard InChI is InChI=1S/C17H27NO2S/c1-6-15(20-14-9-7-8-13(2)12-14)16(19)18-10-11-21-17(3,4)5/h7-9,12,15H,6,10-11H2,1-5H3,(H,18,19)/t15-/m1/s1. The van der Waals surface area contributed by atoms with Crippen molar-refractivity contribution >= 4 is 17.7 Å². The Labute approximate surface area is 132 Å². The molecule has 0 aliphatic carbocycles. The Balaban J connectivity index is 2.43. The zero-order valence-electron chi connectivity index (χ0n) is 13.7. The Kier molecular flexibility index (Phi) is 7.09. The van der Waals surface area contributed by atoms with E-state index < -0.39 is 6.10 Å². The Bertz CT molecular complexity index is 454. The fourth-order valence-electron chi connectivity index (χ4n) is 1.82. The number of nitrogens with one attached hydrogen (secondary N) is 1. The molecule has 1 amide bonds. The third-order valence-electron chi connectivity index (χ3n) is 2.87. The molecule has 0 fully saturated rings. The lowest BCUT2D eigenvalue weighted by Crippen LogP contribution is -2.39. The van der Waals surface area contributed by atoms with Gasteiger partial charge in [-0.15, -0.1) is 0 Å². The van der Waals surface area contributed by atoms with Gasteiger partial charge in [0.1, 0.15) is 5.75 Å². The maximum Gasteiger partial charge on any atom is 0.261 e. The molecule has 0 aliphatic heterocycles. The smallest absolute Gasteiger partial charge is 0.261 e. The molecular formula is C17H27NO2S. The minimum Gasteiger partial charge on any atom is -0.481 e. The van der Waals surface area contributed by atoms with E-state index in [0.717, 1.165) is 17.1 Å². The second-order valence-electron chi connectivity index (χ2n) is 6.08. The number of benzene rings is 1. The van der Waals surface area contributed by atoms with E-state index in [2.05, 4.69) is 26.1 Å². The molecule has 118 valence electrons. The van der Waals surface area contributed by atoms with Gasteiger partial charge in [0.2, 0.25) is 0 Å². The molecule has 1 aromatic carbocycles. The van der Waals surface area contributed by atoms with E-state index in [0.29, 0.717) is 13.0 Å². The Morgan fingerprint density at radius 1 is 1.38 bits per heavy atom. The fraction of sp³-hybridized carbons (Fsp3) is 0.588. The van der Waals surface area contributed by atoms with Crippen molar-refractivity contribution in [3.8, 4) is 5.75 Å². The highest BCUT2D eigenvalue weighted by Gasteiger charge is 2.18. The maximum atomic E-state index is 12.1. The number of aryl methyl sites for hydroxylation is 1. The molecule has 0 spiro atoms. The van der Waals surface area contributed by atoms with Crippen molar-refractivity contribution in [3.63, 3.8) is 0 Å². The van der Waals surface area contributed by atoms with Gasteiger partial charge in [-0.3, -0.25) is 4.79 Å². The van der Waals surface area contributed by atoms with Gasteiger partial charge in [-0.2, -0.15) is 11.8 Å². The predicted molar refractivity (Wildman–Crippen MR) is 91.1 cm³/mol. The lowest BCUT2D eigenvalue weighted by Gasteiger charge is -2.19. The first-order valence-corrected chi connectivity index (χ1v) is 8.45. The molecule has 3 nitrogen and oxygen atoms in total. The summed E-state index contributed by atoms with van der Waals surface area (Å²) >= 11 is 1.85. The summed E-state index contributed by atoms with van der Waals surface area (Å²) in [5, 5.41) is 2.96. The third kappa shape index (κ3) is 7.42. The van der Waals surface area contributed by atoms with Crippen LogP contribution in [0.1, 0.15) is 39.7 Å². The van der Waals surface area contributed by atoms with Crippen LogP contribution in [0.5, 0.6) is 5.75 Å². The quantitative estimate of drug-likeness (QED) is 0.779. The van der Waals surface area contributed by atoms with Crippen LogP contribution < -0.4 is 10.1 Å². The summed E-state index contributed by atoms with van der Waals surface area (Å²) in [5.74, 6) is 1.63. The second kappa shape index (κ2) is 8.32. The molecule has 0 aromatic heterocycles. The molecule has 0 unspecified atom stereocenters. The van der Waals surface area contributed by atoms with Crippen LogP contribution in [-0.2, 0) is 4.79 Å². The third-order valence-corrected chi connectivity index (χ3v) is 4.14. The van der Waals surface area contributed by atoms with E-state index in [-0.39, 0.29) is 10.7 Å². The molecule has 0 radical (unpaired) electrons. The van der Waals surface area contributed by atoms with E-state index in [1.807, 2.05) is 49.9 Å². The lowest BCUT2D eigenvalue weighted by molar-refractivity contribution is -0.127. The van der Waals surface area contributed by atoms with E-state index in [4.69, 9.17) is 4.74 Å². The van der Waals surface area contributed by atoms with Gasteiger partial charge in [0.25, 0.3) is 5.91 Å². The van der Waals surface area contributed by atoms with Gasteiger partial charge in [-0.25, -0.2) is 0 Å². The molecule has 1 N–H and O–H groups in total. The van der Waals surface area contributed by atoms with Crippen LogP contribution in [0.4, 0.5) is 0 Å². The number of thioether (sulfide) groups is 1. The van der Waals surface area contributed by atoms with Crippen molar-refractivity contribution < 1.29 is 9.53 Å².